The Morgan fingerprint density at radius 3 is 2.81 bits per heavy atom. The molecule has 2 heterocycles. The zero-order valence-electron chi connectivity index (χ0n) is 8.91. The van der Waals surface area contributed by atoms with E-state index in [1.165, 1.54) is 18.9 Å². The third kappa shape index (κ3) is 1.35. The van der Waals surface area contributed by atoms with Gasteiger partial charge in [-0.3, -0.25) is 4.79 Å². The molecule has 6 nitrogen and oxygen atoms in total. The molecular weight excluding hydrogens is 234 g/mol. The van der Waals surface area contributed by atoms with Crippen molar-refractivity contribution < 1.29 is 24.5 Å². The highest BCUT2D eigenvalue weighted by Gasteiger charge is 2.63. The number of amides is 1. The van der Waals surface area contributed by atoms with Crippen molar-refractivity contribution in [3.8, 4) is 0 Å². The van der Waals surface area contributed by atoms with Crippen molar-refractivity contribution in [2.24, 2.45) is 5.92 Å². The predicted octanol–water partition coefficient (Wildman–Crippen LogP) is -0.674. The Bertz CT molecular complexity index is 347. The molecular formula is C9H13NO5S. The summed E-state index contributed by atoms with van der Waals surface area (Å²) in [6.45, 7) is 1.57. The van der Waals surface area contributed by atoms with Crippen molar-refractivity contribution in [2.75, 3.05) is 13.7 Å². The van der Waals surface area contributed by atoms with E-state index in [1.54, 1.807) is 0 Å². The lowest BCUT2D eigenvalue weighted by atomic mass is 9.93. The lowest BCUT2D eigenvalue weighted by Crippen LogP contribution is -2.60. The smallest absolute Gasteiger partial charge is 0.348 e. The number of aliphatic carboxylic acids is 1. The van der Waals surface area contributed by atoms with Crippen LogP contribution in [0.4, 0.5) is 0 Å². The van der Waals surface area contributed by atoms with Crippen LogP contribution in [0.25, 0.3) is 0 Å². The maximum absolute atomic E-state index is 11.6. The summed E-state index contributed by atoms with van der Waals surface area (Å²) in [6, 6.07) is 0. The number of carbonyl (C=O) groups is 2. The van der Waals surface area contributed by atoms with Gasteiger partial charge in [0.2, 0.25) is 10.8 Å². The summed E-state index contributed by atoms with van der Waals surface area (Å²) in [7, 11) is 1.31. The lowest BCUT2D eigenvalue weighted by molar-refractivity contribution is -0.161. The van der Waals surface area contributed by atoms with Crippen LogP contribution in [0.2, 0.25) is 0 Å². The molecule has 2 fully saturated rings. The lowest BCUT2D eigenvalue weighted by Gasteiger charge is -2.42. The molecule has 0 saturated carbocycles. The SMILES string of the molecule is COC1(C(=O)O)CN2C(=O)[C@H](C(C)O)[C@H]2S1. The Morgan fingerprint density at radius 1 is 1.75 bits per heavy atom. The average Bonchev–Trinajstić information content (AvgIpc) is 2.53. The summed E-state index contributed by atoms with van der Waals surface area (Å²) >= 11 is 1.08. The molecule has 0 aliphatic carbocycles. The van der Waals surface area contributed by atoms with Gasteiger partial charge in [0.15, 0.2) is 0 Å². The minimum Gasteiger partial charge on any atom is -0.478 e. The molecule has 7 heteroatoms. The fourth-order valence-electron chi connectivity index (χ4n) is 2.07. The van der Waals surface area contributed by atoms with Crippen molar-refractivity contribution in [3.63, 3.8) is 0 Å². The molecule has 1 amide bonds. The van der Waals surface area contributed by atoms with Gasteiger partial charge in [0.25, 0.3) is 0 Å². The van der Waals surface area contributed by atoms with Gasteiger partial charge in [0.1, 0.15) is 0 Å². The van der Waals surface area contributed by atoms with Crippen molar-refractivity contribution in [1.82, 2.24) is 4.90 Å². The number of aliphatic hydroxyl groups is 1. The fraction of sp³-hybridized carbons (Fsp3) is 0.778. The van der Waals surface area contributed by atoms with E-state index in [0.717, 1.165) is 11.8 Å². The van der Waals surface area contributed by atoms with Gasteiger partial charge in [-0.15, -0.1) is 0 Å². The maximum Gasteiger partial charge on any atom is 0.348 e. The first kappa shape index (κ1) is 11.7. The van der Waals surface area contributed by atoms with Gasteiger partial charge in [-0.25, -0.2) is 4.79 Å². The third-order valence-corrected chi connectivity index (χ3v) is 4.69. The monoisotopic (exact) mass is 247 g/mol. The molecule has 2 saturated heterocycles. The van der Waals surface area contributed by atoms with E-state index < -0.39 is 22.9 Å². The van der Waals surface area contributed by atoms with E-state index >= 15 is 0 Å². The molecule has 0 spiro atoms. The van der Waals surface area contributed by atoms with Crippen molar-refractivity contribution in [1.29, 1.82) is 0 Å². The van der Waals surface area contributed by atoms with Gasteiger partial charge in [-0.2, -0.15) is 0 Å². The Hall–Kier alpha value is -0.790. The van der Waals surface area contributed by atoms with Gasteiger partial charge in [0, 0.05) is 7.11 Å². The minimum atomic E-state index is -1.38. The molecule has 0 bridgehead atoms. The second-order valence-corrected chi connectivity index (χ2v) is 5.38. The number of carboxylic acid groups (broad SMARTS) is 1. The number of β-lactam (4-membered cyclic amide) rings is 1. The zero-order valence-corrected chi connectivity index (χ0v) is 9.73. The first-order chi connectivity index (χ1) is 7.43. The van der Waals surface area contributed by atoms with Crippen molar-refractivity contribution >= 4 is 23.6 Å². The topological polar surface area (TPSA) is 87.1 Å². The van der Waals surface area contributed by atoms with E-state index in [4.69, 9.17) is 9.84 Å². The van der Waals surface area contributed by atoms with Crippen LogP contribution in [-0.4, -0.2) is 57.1 Å². The quantitative estimate of drug-likeness (QED) is 0.643. The van der Waals surface area contributed by atoms with Crippen LogP contribution < -0.4 is 0 Å². The molecule has 2 rings (SSSR count). The van der Waals surface area contributed by atoms with Crippen molar-refractivity contribution in [2.45, 2.75) is 23.3 Å². The molecule has 0 aromatic heterocycles. The van der Waals surface area contributed by atoms with Crippen LogP contribution >= 0.6 is 11.8 Å². The van der Waals surface area contributed by atoms with Gasteiger partial charge in [-0.1, -0.05) is 11.8 Å². The molecule has 90 valence electrons. The van der Waals surface area contributed by atoms with Gasteiger partial charge >= 0.3 is 5.97 Å². The zero-order chi connectivity index (χ0) is 12.1. The summed E-state index contributed by atoms with van der Waals surface area (Å²) in [4.78, 5) is 22.8. The number of fused-ring (bicyclic) bond motifs is 1. The van der Waals surface area contributed by atoms with Crippen LogP contribution in [0.1, 0.15) is 6.92 Å². The van der Waals surface area contributed by atoms with E-state index in [0.29, 0.717) is 0 Å². The number of ether oxygens (including phenoxy) is 1. The van der Waals surface area contributed by atoms with E-state index in [-0.39, 0.29) is 17.8 Å². The molecule has 2 aliphatic rings. The van der Waals surface area contributed by atoms with Crippen LogP contribution in [-0.2, 0) is 14.3 Å². The van der Waals surface area contributed by atoms with Crippen LogP contribution in [0.5, 0.6) is 0 Å². The molecule has 0 aromatic rings. The van der Waals surface area contributed by atoms with E-state index in [1.807, 2.05) is 0 Å². The van der Waals surface area contributed by atoms with Gasteiger partial charge in [0.05, 0.1) is 23.9 Å². The number of methoxy groups -OCH3 is 1. The molecule has 0 radical (unpaired) electrons. The fourth-order valence-corrected chi connectivity index (χ4v) is 3.67. The normalized spacial score (nSPS) is 39.2. The minimum absolute atomic E-state index is 0.0379. The summed E-state index contributed by atoms with van der Waals surface area (Å²) in [5.41, 5.74) is 0. The third-order valence-electron chi connectivity index (χ3n) is 3.05. The largest absolute Gasteiger partial charge is 0.478 e. The number of hydrogen-bond acceptors (Lipinski definition) is 5. The standard InChI is InChI=1S/C9H13NO5S/c1-4(11)5-6(12)10-3-9(15-2,8(13)14)16-7(5)10/h4-5,7,11H,3H2,1-2H3,(H,13,14)/t4?,5-,7+,9?/m0/s1. The van der Waals surface area contributed by atoms with Crippen LogP contribution in [0.15, 0.2) is 0 Å². The number of thioether (sulfide) groups is 1. The second-order valence-electron chi connectivity index (χ2n) is 4.00. The first-order valence-electron chi connectivity index (χ1n) is 4.88. The van der Waals surface area contributed by atoms with Crippen molar-refractivity contribution in [3.05, 3.63) is 0 Å². The second kappa shape index (κ2) is 3.61. The summed E-state index contributed by atoms with van der Waals surface area (Å²) in [5.74, 6) is -1.81. The average molecular weight is 247 g/mol. The summed E-state index contributed by atoms with van der Waals surface area (Å²) in [5, 5.41) is 18.2. The molecule has 0 aromatic carbocycles. The molecule has 4 atom stereocenters. The highest BCUT2D eigenvalue weighted by molar-refractivity contribution is 8.02. The number of hydrogen-bond donors (Lipinski definition) is 2. The molecule has 16 heavy (non-hydrogen) atoms. The summed E-state index contributed by atoms with van der Waals surface area (Å²) < 4.78 is 5.01. The highest BCUT2D eigenvalue weighted by Crippen LogP contribution is 2.50. The number of aliphatic hydroxyl groups excluding tert-OH is 1. The first-order valence-corrected chi connectivity index (χ1v) is 5.76. The highest BCUT2D eigenvalue weighted by atomic mass is 32.2. The maximum atomic E-state index is 11.6. The Balaban J connectivity index is 2.19. The Labute approximate surface area is 96.6 Å². The number of nitrogens with zero attached hydrogens (tertiary/aromatic N) is 1. The van der Waals surface area contributed by atoms with E-state index in [9.17, 15) is 14.7 Å². The molecule has 2 aliphatic heterocycles. The number of carboxylic acids is 1. The number of carbonyl (C=O) groups excluding carboxylic acids is 1. The number of rotatable bonds is 3. The Morgan fingerprint density at radius 2 is 2.38 bits per heavy atom. The predicted molar refractivity (Wildman–Crippen MR) is 55.6 cm³/mol. The van der Waals surface area contributed by atoms with E-state index in [2.05, 4.69) is 0 Å². The van der Waals surface area contributed by atoms with Crippen LogP contribution in [0, 0.1) is 5.92 Å². The van der Waals surface area contributed by atoms with Gasteiger partial charge in [-0.05, 0) is 6.92 Å². The molecule has 2 unspecified atom stereocenters. The van der Waals surface area contributed by atoms with Crippen LogP contribution in [0.3, 0.4) is 0 Å². The summed E-state index contributed by atoms with van der Waals surface area (Å²) in [6.07, 6.45) is -0.761. The Kier molecular flexibility index (Phi) is 2.64. The van der Waals surface area contributed by atoms with Gasteiger partial charge < -0.3 is 19.8 Å². The molecule has 2 N–H and O–H groups in total.